The number of carbonyl (C=O) groups is 1. The van der Waals surface area contributed by atoms with E-state index in [-0.39, 0.29) is 18.6 Å². The van der Waals surface area contributed by atoms with Gasteiger partial charge in [0.05, 0.1) is 12.3 Å². The Labute approximate surface area is 143 Å². The number of ether oxygens (including phenoxy) is 2. The summed E-state index contributed by atoms with van der Waals surface area (Å²) in [5.41, 5.74) is 2.18. The summed E-state index contributed by atoms with van der Waals surface area (Å²) in [5.74, 6) is 0.738. The first-order valence-corrected chi connectivity index (χ1v) is 8.80. The second-order valence-corrected chi connectivity index (χ2v) is 6.85. The molecule has 1 N–H and O–H groups in total. The lowest BCUT2D eigenvalue weighted by atomic mass is 10.00. The molecule has 1 fully saturated rings. The van der Waals surface area contributed by atoms with Crippen LogP contribution in [-0.2, 0) is 27.2 Å². The Morgan fingerprint density at radius 1 is 1.33 bits per heavy atom. The lowest BCUT2D eigenvalue weighted by Gasteiger charge is -2.25. The van der Waals surface area contributed by atoms with E-state index in [1.807, 2.05) is 6.20 Å². The second kappa shape index (κ2) is 8.09. The Morgan fingerprint density at radius 2 is 2.12 bits per heavy atom. The summed E-state index contributed by atoms with van der Waals surface area (Å²) in [6, 6.07) is 0. The van der Waals surface area contributed by atoms with Crippen molar-refractivity contribution in [1.29, 1.82) is 0 Å². The molecule has 0 saturated carbocycles. The number of aromatic nitrogens is 2. The molecule has 0 bridgehead atoms. The van der Waals surface area contributed by atoms with E-state index >= 15 is 0 Å². The second-order valence-electron chi connectivity index (χ2n) is 6.85. The van der Waals surface area contributed by atoms with Gasteiger partial charge in [-0.2, -0.15) is 5.10 Å². The molecule has 2 aliphatic heterocycles. The first-order chi connectivity index (χ1) is 11.6. The molecule has 1 unspecified atom stereocenters. The Bertz CT molecular complexity index is 552. The van der Waals surface area contributed by atoms with E-state index in [0.29, 0.717) is 12.5 Å². The van der Waals surface area contributed by atoms with E-state index < -0.39 is 0 Å². The van der Waals surface area contributed by atoms with Gasteiger partial charge in [-0.25, -0.2) is 0 Å². The maximum atomic E-state index is 11.9. The summed E-state index contributed by atoms with van der Waals surface area (Å²) in [4.78, 5) is 13.5. The number of amides is 1. The molecular formula is C17H28N4O3. The molecule has 2 aliphatic rings. The monoisotopic (exact) mass is 336 g/mol. The number of hydrogen-bond acceptors (Lipinski definition) is 5. The largest absolute Gasteiger partial charge is 0.381 e. The average Bonchev–Trinajstić information content (AvgIpc) is 2.99. The van der Waals surface area contributed by atoms with E-state index in [4.69, 9.17) is 9.47 Å². The Balaban J connectivity index is 1.55. The van der Waals surface area contributed by atoms with Crippen LogP contribution in [0.3, 0.4) is 0 Å². The molecule has 7 nitrogen and oxygen atoms in total. The molecule has 0 aromatic carbocycles. The van der Waals surface area contributed by atoms with Crippen molar-refractivity contribution in [3.05, 3.63) is 17.5 Å². The van der Waals surface area contributed by atoms with Crippen molar-refractivity contribution in [2.45, 2.75) is 31.9 Å². The first-order valence-electron chi connectivity index (χ1n) is 8.80. The third-order valence-electron chi connectivity index (χ3n) is 4.77. The molecule has 1 aromatic rings. The maximum absolute atomic E-state index is 11.9. The van der Waals surface area contributed by atoms with Crippen LogP contribution in [0.2, 0.25) is 0 Å². The zero-order chi connectivity index (χ0) is 16.9. The Hall–Kier alpha value is -1.44. The number of nitrogens with one attached hydrogen (secondary N) is 1. The molecule has 1 atom stereocenters. The van der Waals surface area contributed by atoms with Crippen molar-refractivity contribution < 1.29 is 14.3 Å². The van der Waals surface area contributed by atoms with E-state index in [9.17, 15) is 4.79 Å². The van der Waals surface area contributed by atoms with E-state index in [0.717, 1.165) is 51.3 Å². The number of hydrogen-bond donors (Lipinski definition) is 1. The summed E-state index contributed by atoms with van der Waals surface area (Å²) < 4.78 is 13.0. The average molecular weight is 336 g/mol. The number of nitrogens with zero attached hydrogens (tertiary/aromatic N) is 3. The topological polar surface area (TPSA) is 68.6 Å². The summed E-state index contributed by atoms with van der Waals surface area (Å²) in [6.45, 7) is 4.51. The van der Waals surface area contributed by atoms with Crippen LogP contribution in [0.5, 0.6) is 0 Å². The fourth-order valence-corrected chi connectivity index (χ4v) is 3.22. The van der Waals surface area contributed by atoms with Gasteiger partial charge in [-0.15, -0.1) is 0 Å². The highest BCUT2D eigenvalue weighted by Gasteiger charge is 2.25. The number of rotatable bonds is 6. The summed E-state index contributed by atoms with van der Waals surface area (Å²) in [5, 5.41) is 8.13. The lowest BCUT2D eigenvalue weighted by Crippen LogP contribution is -2.33. The zero-order valence-corrected chi connectivity index (χ0v) is 14.7. The van der Waals surface area contributed by atoms with E-state index in [2.05, 4.69) is 10.4 Å². The van der Waals surface area contributed by atoms with Crippen molar-refractivity contribution in [2.24, 2.45) is 5.92 Å². The molecule has 3 heterocycles. The van der Waals surface area contributed by atoms with E-state index in [1.165, 1.54) is 5.56 Å². The van der Waals surface area contributed by atoms with Crippen molar-refractivity contribution in [2.75, 3.05) is 47.0 Å². The van der Waals surface area contributed by atoms with Crippen LogP contribution in [0, 0.1) is 5.92 Å². The smallest absolute Gasteiger partial charge is 0.243 e. The molecule has 0 spiro atoms. The van der Waals surface area contributed by atoms with Gasteiger partial charge >= 0.3 is 0 Å². The highest BCUT2D eigenvalue weighted by Crippen LogP contribution is 2.25. The molecule has 3 rings (SSSR count). The molecule has 0 radical (unpaired) electrons. The highest BCUT2D eigenvalue weighted by molar-refractivity contribution is 5.75. The lowest BCUT2D eigenvalue weighted by molar-refractivity contribution is -0.129. The molecule has 0 aliphatic carbocycles. The third-order valence-corrected chi connectivity index (χ3v) is 4.77. The first kappa shape index (κ1) is 17.4. The Morgan fingerprint density at radius 3 is 2.88 bits per heavy atom. The van der Waals surface area contributed by atoms with Crippen molar-refractivity contribution in [3.63, 3.8) is 0 Å². The van der Waals surface area contributed by atoms with Crippen molar-refractivity contribution >= 4 is 5.91 Å². The number of fused-ring (bicyclic) bond motifs is 1. The maximum Gasteiger partial charge on any atom is 0.243 e. The van der Waals surface area contributed by atoms with Crippen LogP contribution in [0.15, 0.2) is 6.20 Å². The van der Waals surface area contributed by atoms with Crippen LogP contribution < -0.4 is 5.32 Å². The quantitative estimate of drug-likeness (QED) is 0.824. The predicted molar refractivity (Wildman–Crippen MR) is 89.7 cm³/mol. The van der Waals surface area contributed by atoms with Gasteiger partial charge in [0.25, 0.3) is 0 Å². The highest BCUT2D eigenvalue weighted by atomic mass is 16.5. The van der Waals surface area contributed by atoms with Gasteiger partial charge in [-0.05, 0) is 37.3 Å². The van der Waals surface area contributed by atoms with E-state index in [1.54, 1.807) is 23.7 Å². The van der Waals surface area contributed by atoms with Gasteiger partial charge in [-0.3, -0.25) is 9.48 Å². The SMILES string of the molecule is CN(C)C(=O)Cn1cc2c(n1)C(CNCC1CCOCC1)OCC2. The van der Waals surface area contributed by atoms with Crippen molar-refractivity contribution in [1.82, 2.24) is 20.0 Å². The molecule has 1 aromatic heterocycles. The fourth-order valence-electron chi connectivity index (χ4n) is 3.22. The minimum Gasteiger partial charge on any atom is -0.381 e. The summed E-state index contributed by atoms with van der Waals surface area (Å²) in [6.07, 6.45) is 5.09. The minimum atomic E-state index is -0.0238. The van der Waals surface area contributed by atoms with Crippen LogP contribution in [0.25, 0.3) is 0 Å². The normalized spacial score (nSPS) is 21.5. The summed E-state index contributed by atoms with van der Waals surface area (Å²) in [7, 11) is 3.52. The van der Waals surface area contributed by atoms with Crippen molar-refractivity contribution in [3.8, 4) is 0 Å². The third kappa shape index (κ3) is 4.34. The standard InChI is InChI=1S/C17H28N4O3/c1-20(2)16(22)12-21-11-14-5-8-24-15(17(14)19-21)10-18-9-13-3-6-23-7-4-13/h11,13,15,18H,3-10,12H2,1-2H3. The zero-order valence-electron chi connectivity index (χ0n) is 14.7. The van der Waals surface area contributed by atoms with Gasteiger partial charge in [0, 0.05) is 40.1 Å². The number of carbonyl (C=O) groups excluding carboxylic acids is 1. The molecule has 1 amide bonds. The van der Waals surface area contributed by atoms with Crippen LogP contribution in [-0.4, -0.2) is 67.6 Å². The molecule has 24 heavy (non-hydrogen) atoms. The van der Waals surface area contributed by atoms with Crippen LogP contribution in [0.4, 0.5) is 0 Å². The molecule has 134 valence electrons. The van der Waals surface area contributed by atoms with Crippen LogP contribution >= 0.6 is 0 Å². The molecule has 7 heteroatoms. The van der Waals surface area contributed by atoms with Crippen LogP contribution in [0.1, 0.15) is 30.2 Å². The molecular weight excluding hydrogens is 308 g/mol. The van der Waals surface area contributed by atoms with Gasteiger partial charge in [0.2, 0.25) is 5.91 Å². The molecule has 1 saturated heterocycles. The van der Waals surface area contributed by atoms with Gasteiger partial charge in [0.15, 0.2) is 0 Å². The number of likely N-dealkylation sites (N-methyl/N-ethyl adjacent to an activating group) is 1. The van der Waals surface area contributed by atoms with Gasteiger partial charge < -0.3 is 19.7 Å². The fraction of sp³-hybridized carbons (Fsp3) is 0.765. The summed E-state index contributed by atoms with van der Waals surface area (Å²) >= 11 is 0. The van der Waals surface area contributed by atoms with Gasteiger partial charge in [-0.1, -0.05) is 0 Å². The predicted octanol–water partition coefficient (Wildman–Crippen LogP) is 0.601. The Kier molecular flexibility index (Phi) is 5.86. The minimum absolute atomic E-state index is 0.0238. The van der Waals surface area contributed by atoms with Gasteiger partial charge in [0.1, 0.15) is 12.6 Å².